The van der Waals surface area contributed by atoms with E-state index in [0.29, 0.717) is 9.22 Å². The van der Waals surface area contributed by atoms with E-state index in [0.717, 1.165) is 5.56 Å². The number of quaternary nitrogens is 1. The van der Waals surface area contributed by atoms with E-state index in [2.05, 4.69) is 5.32 Å². The van der Waals surface area contributed by atoms with Crippen molar-refractivity contribution in [2.45, 2.75) is 19.3 Å². The fourth-order valence-corrected chi connectivity index (χ4v) is 1.88. The summed E-state index contributed by atoms with van der Waals surface area (Å²) in [7, 11) is 0. The highest BCUT2D eigenvalue weighted by Crippen LogP contribution is 2.09. The normalized spacial score (nSPS) is 14.8. The summed E-state index contributed by atoms with van der Waals surface area (Å²) in [4.78, 5) is 0. The summed E-state index contributed by atoms with van der Waals surface area (Å²) < 4.78 is 0.483. The van der Waals surface area contributed by atoms with Gasteiger partial charge in [-0.15, -0.1) is 4.20 Å². The van der Waals surface area contributed by atoms with Gasteiger partial charge in [0.25, 0.3) is 0 Å². The summed E-state index contributed by atoms with van der Waals surface area (Å²) in [5.74, 6) is 0. The molecule has 0 amide bonds. The Kier molecular flexibility index (Phi) is 6.88. The zero-order chi connectivity index (χ0) is 11.8. The fraction of sp³-hybridized carbons (Fsp3) is 0.417. The molecule has 4 heteroatoms. The van der Waals surface area contributed by atoms with E-state index >= 15 is 0 Å². The van der Waals surface area contributed by atoms with Gasteiger partial charge < -0.3 is 30.2 Å². The maximum Gasteiger partial charge on any atom is 0.0755 e. The Morgan fingerprint density at radius 3 is 2.00 bits per heavy atom. The number of hydrogen-bond donors (Lipinski definition) is 1. The Labute approximate surface area is 113 Å². The van der Waals surface area contributed by atoms with E-state index in [4.69, 9.17) is 36.4 Å². The summed E-state index contributed by atoms with van der Waals surface area (Å²) in [6.45, 7) is 2.75. The van der Waals surface area contributed by atoms with E-state index in [1.807, 2.05) is 12.1 Å². The first-order valence-corrected chi connectivity index (χ1v) is 6.68. The van der Waals surface area contributed by atoms with Crippen LogP contribution in [0.4, 0.5) is 0 Å². The molecule has 1 aromatic rings. The smallest absolute Gasteiger partial charge is 0.0755 e. The summed E-state index contributed by atoms with van der Waals surface area (Å²) in [5.41, 5.74) is 0.884. The van der Waals surface area contributed by atoms with Crippen LogP contribution in [0.15, 0.2) is 24.3 Å². The third kappa shape index (κ3) is 5.75. The topological polar surface area (TPSA) is 16.6 Å². The quantitative estimate of drug-likeness (QED) is 0.625. The lowest BCUT2D eigenvalue weighted by atomic mass is 10.2. The average Bonchev–Trinajstić information content (AvgIpc) is 2.32. The van der Waals surface area contributed by atoms with Crippen molar-refractivity contribution in [3.05, 3.63) is 34.9 Å². The summed E-state index contributed by atoms with van der Waals surface area (Å²) >= 11 is 15.2. The number of rotatable bonds is 1. The van der Waals surface area contributed by atoms with Crippen molar-refractivity contribution in [3.63, 3.8) is 0 Å². The van der Waals surface area contributed by atoms with Crippen LogP contribution in [0.1, 0.15) is 24.8 Å². The summed E-state index contributed by atoms with van der Waals surface area (Å²) in [6.07, 6.45) is 4.36. The molecule has 0 aliphatic carbocycles. The van der Waals surface area contributed by atoms with Gasteiger partial charge >= 0.3 is 0 Å². The number of piperidine rings is 1. The van der Waals surface area contributed by atoms with Gasteiger partial charge in [0.1, 0.15) is 0 Å². The molecule has 0 atom stereocenters. The van der Waals surface area contributed by atoms with Crippen LogP contribution in [0.2, 0.25) is 5.02 Å². The molecule has 0 unspecified atom stereocenters. The standard InChI is InChI=1S/C7H5ClS2.C5H11N/c8-6-3-1-5(2-4-6)7(9)10;1-2-4-6-5-3-1/h1-4H,(H,9,10);6H,1-5H2. The molecule has 0 saturated carbocycles. The van der Waals surface area contributed by atoms with Gasteiger partial charge in [-0.3, -0.25) is 0 Å². The van der Waals surface area contributed by atoms with Gasteiger partial charge in [0.2, 0.25) is 0 Å². The molecule has 1 aliphatic heterocycles. The van der Waals surface area contributed by atoms with Gasteiger partial charge in [0.15, 0.2) is 0 Å². The monoisotopic (exact) mass is 273 g/mol. The van der Waals surface area contributed by atoms with E-state index < -0.39 is 0 Å². The van der Waals surface area contributed by atoms with Crippen molar-refractivity contribution in [2.75, 3.05) is 13.1 Å². The van der Waals surface area contributed by atoms with E-state index in [-0.39, 0.29) is 0 Å². The molecule has 0 spiro atoms. The van der Waals surface area contributed by atoms with Crippen LogP contribution < -0.4 is 5.32 Å². The van der Waals surface area contributed by atoms with Crippen LogP contribution in [0.25, 0.3) is 0 Å². The molecular weight excluding hydrogens is 258 g/mol. The fourth-order valence-electron chi connectivity index (χ4n) is 1.48. The number of benzene rings is 1. The second-order valence-corrected chi connectivity index (χ2v) is 5.23. The highest BCUT2D eigenvalue weighted by atomic mass is 35.5. The van der Waals surface area contributed by atoms with Gasteiger partial charge in [-0.05, 0) is 37.0 Å². The van der Waals surface area contributed by atoms with Gasteiger partial charge in [-0.1, -0.05) is 23.7 Å². The minimum absolute atomic E-state index is 0.483. The van der Waals surface area contributed by atoms with Crippen LogP contribution >= 0.6 is 23.8 Å². The third-order valence-corrected chi connectivity index (χ3v) is 3.12. The molecule has 1 nitrogen and oxygen atoms in total. The zero-order valence-corrected chi connectivity index (χ0v) is 11.5. The molecule has 1 aromatic carbocycles. The van der Waals surface area contributed by atoms with Gasteiger partial charge in [-0.25, -0.2) is 0 Å². The van der Waals surface area contributed by atoms with Crippen molar-refractivity contribution in [1.82, 2.24) is 0 Å². The second kappa shape index (κ2) is 7.96. The molecule has 2 rings (SSSR count). The molecule has 0 bridgehead atoms. The van der Waals surface area contributed by atoms with Crippen LogP contribution in [-0.4, -0.2) is 17.3 Å². The summed E-state index contributed by atoms with van der Waals surface area (Å²) in [5, 5.41) is 3.10. The Hall–Kier alpha value is -0.220. The number of hydrogen-bond acceptors (Lipinski definition) is 2. The van der Waals surface area contributed by atoms with Crippen LogP contribution in [0.5, 0.6) is 0 Å². The predicted octanol–water partition coefficient (Wildman–Crippen LogP) is 2.30. The Morgan fingerprint density at radius 2 is 1.69 bits per heavy atom. The minimum Gasteiger partial charge on any atom is -0.428 e. The van der Waals surface area contributed by atoms with Gasteiger partial charge in [0.05, 0.1) is 13.1 Å². The molecular formula is C12H16ClNS2. The Morgan fingerprint density at radius 1 is 1.12 bits per heavy atom. The second-order valence-electron chi connectivity index (χ2n) is 3.72. The Bertz CT molecular complexity index is 309. The van der Waals surface area contributed by atoms with E-state index in [1.54, 1.807) is 12.1 Å². The van der Waals surface area contributed by atoms with Crippen molar-refractivity contribution in [1.29, 1.82) is 0 Å². The lowest BCUT2D eigenvalue weighted by Crippen LogP contribution is -2.85. The molecule has 88 valence electrons. The van der Waals surface area contributed by atoms with Crippen LogP contribution in [0, 0.1) is 0 Å². The first-order chi connectivity index (χ1) is 7.70. The summed E-state index contributed by atoms with van der Waals surface area (Å²) in [6, 6.07) is 7.18. The molecule has 1 aliphatic rings. The Balaban J connectivity index is 0.000000181. The highest BCUT2D eigenvalue weighted by molar-refractivity contribution is 8.01. The lowest BCUT2D eigenvalue weighted by Gasteiger charge is -2.05. The number of thiocarbonyl (C=S) groups is 1. The first kappa shape index (κ1) is 13.8. The predicted molar refractivity (Wildman–Crippen MR) is 76.0 cm³/mol. The molecule has 16 heavy (non-hydrogen) atoms. The van der Waals surface area contributed by atoms with Crippen LogP contribution in [0.3, 0.4) is 0 Å². The molecule has 1 saturated heterocycles. The molecule has 0 radical (unpaired) electrons. The zero-order valence-electron chi connectivity index (χ0n) is 9.12. The molecule has 1 fully saturated rings. The maximum absolute atomic E-state index is 5.64. The largest absolute Gasteiger partial charge is 0.428 e. The van der Waals surface area contributed by atoms with E-state index in [9.17, 15) is 0 Å². The molecule has 2 N–H and O–H groups in total. The maximum atomic E-state index is 5.64. The highest BCUT2D eigenvalue weighted by Gasteiger charge is 1.97. The van der Waals surface area contributed by atoms with Crippen molar-refractivity contribution in [3.8, 4) is 0 Å². The molecule has 0 aromatic heterocycles. The van der Waals surface area contributed by atoms with Crippen molar-refractivity contribution >= 4 is 40.6 Å². The van der Waals surface area contributed by atoms with Crippen molar-refractivity contribution in [2.24, 2.45) is 0 Å². The number of halogens is 1. The average molecular weight is 274 g/mol. The van der Waals surface area contributed by atoms with Gasteiger partial charge in [-0.2, -0.15) is 0 Å². The molecule has 1 heterocycles. The SMILES string of the molecule is C1CC[NH2+]CC1.S=C([S-])c1ccc(Cl)cc1. The van der Waals surface area contributed by atoms with Crippen molar-refractivity contribution < 1.29 is 5.32 Å². The van der Waals surface area contributed by atoms with Gasteiger partial charge in [0, 0.05) is 5.02 Å². The number of nitrogens with two attached hydrogens (primary N) is 1. The van der Waals surface area contributed by atoms with E-state index in [1.165, 1.54) is 32.4 Å². The first-order valence-electron chi connectivity index (χ1n) is 5.49. The minimum atomic E-state index is 0.483. The lowest BCUT2D eigenvalue weighted by molar-refractivity contribution is -0.662. The van der Waals surface area contributed by atoms with Crippen LogP contribution in [-0.2, 0) is 12.6 Å². The third-order valence-electron chi connectivity index (χ3n) is 2.40.